The van der Waals surface area contributed by atoms with Gasteiger partial charge in [-0.25, -0.2) is 0 Å². The summed E-state index contributed by atoms with van der Waals surface area (Å²) in [6.07, 6.45) is 21.0. The fourth-order valence-corrected chi connectivity index (χ4v) is 3.16. The molecule has 170 valence electrons. The van der Waals surface area contributed by atoms with Crippen molar-refractivity contribution in [3.8, 4) is 0 Å². The van der Waals surface area contributed by atoms with Crippen LogP contribution in [0.5, 0.6) is 0 Å². The van der Waals surface area contributed by atoms with Gasteiger partial charge in [-0.05, 0) is 45.4 Å². The van der Waals surface area contributed by atoms with Crippen LogP contribution in [0.15, 0.2) is 24.3 Å². The number of hydrogen-bond donors (Lipinski definition) is 3. The SMILES string of the molecule is CCCCC/C=C\C/C=C\CCCCCCCCN(CC(O)CO)C(=O)C(C)O. The molecule has 3 N–H and O–H groups in total. The molecule has 0 rings (SSSR count). The summed E-state index contributed by atoms with van der Waals surface area (Å²) in [4.78, 5) is 13.4. The molecule has 0 aromatic heterocycles. The number of aliphatic hydroxyl groups excluding tert-OH is 3. The minimum atomic E-state index is -1.08. The van der Waals surface area contributed by atoms with E-state index in [0.29, 0.717) is 6.54 Å². The predicted molar refractivity (Wildman–Crippen MR) is 121 cm³/mol. The minimum Gasteiger partial charge on any atom is -0.394 e. The maximum absolute atomic E-state index is 12.0. The van der Waals surface area contributed by atoms with Gasteiger partial charge in [0.25, 0.3) is 5.91 Å². The minimum absolute atomic E-state index is 0.0699. The van der Waals surface area contributed by atoms with Gasteiger partial charge in [-0.15, -0.1) is 0 Å². The average Bonchev–Trinajstić information content (AvgIpc) is 2.71. The number of aliphatic hydroxyl groups is 3. The molecular formula is C24H45NO4. The van der Waals surface area contributed by atoms with Gasteiger partial charge in [0.15, 0.2) is 0 Å². The van der Waals surface area contributed by atoms with E-state index in [4.69, 9.17) is 5.11 Å². The Balaban J connectivity index is 3.67. The monoisotopic (exact) mass is 411 g/mol. The molecule has 0 saturated carbocycles. The fraction of sp³-hybridized carbons (Fsp3) is 0.792. The second-order valence-electron chi connectivity index (χ2n) is 7.88. The molecule has 0 fully saturated rings. The third-order valence-corrected chi connectivity index (χ3v) is 4.94. The Morgan fingerprint density at radius 1 is 0.862 bits per heavy atom. The molecule has 0 bridgehead atoms. The molecule has 29 heavy (non-hydrogen) atoms. The zero-order valence-electron chi connectivity index (χ0n) is 18.8. The third-order valence-electron chi connectivity index (χ3n) is 4.94. The van der Waals surface area contributed by atoms with Gasteiger partial charge in [0, 0.05) is 13.1 Å². The molecule has 1 amide bonds. The number of unbranched alkanes of at least 4 members (excludes halogenated alkanes) is 9. The van der Waals surface area contributed by atoms with Crippen LogP contribution in [0.2, 0.25) is 0 Å². The lowest BCUT2D eigenvalue weighted by atomic mass is 10.1. The van der Waals surface area contributed by atoms with E-state index in [2.05, 4.69) is 31.2 Å². The Morgan fingerprint density at radius 2 is 1.41 bits per heavy atom. The van der Waals surface area contributed by atoms with Crippen LogP contribution in [0.25, 0.3) is 0 Å². The van der Waals surface area contributed by atoms with E-state index in [1.807, 2.05) is 0 Å². The van der Waals surface area contributed by atoms with Gasteiger partial charge in [0.05, 0.1) is 12.7 Å². The molecule has 0 aliphatic rings. The van der Waals surface area contributed by atoms with Gasteiger partial charge in [-0.3, -0.25) is 4.79 Å². The molecule has 0 aromatic carbocycles. The van der Waals surface area contributed by atoms with E-state index in [-0.39, 0.29) is 19.1 Å². The van der Waals surface area contributed by atoms with E-state index >= 15 is 0 Å². The molecule has 2 atom stereocenters. The van der Waals surface area contributed by atoms with Crippen molar-refractivity contribution in [2.75, 3.05) is 19.7 Å². The van der Waals surface area contributed by atoms with Crippen molar-refractivity contribution >= 4 is 5.91 Å². The largest absolute Gasteiger partial charge is 0.394 e. The molecule has 0 aliphatic carbocycles. The highest BCUT2D eigenvalue weighted by atomic mass is 16.3. The summed E-state index contributed by atoms with van der Waals surface area (Å²) in [6, 6.07) is 0. The van der Waals surface area contributed by atoms with Gasteiger partial charge in [-0.1, -0.05) is 69.8 Å². The molecule has 0 saturated heterocycles. The maximum Gasteiger partial charge on any atom is 0.251 e. The summed E-state index contributed by atoms with van der Waals surface area (Å²) in [5.74, 6) is -0.389. The maximum atomic E-state index is 12.0. The van der Waals surface area contributed by atoms with Crippen molar-refractivity contribution in [1.29, 1.82) is 0 Å². The Bertz CT molecular complexity index is 435. The molecule has 2 unspecified atom stereocenters. The van der Waals surface area contributed by atoms with Crippen LogP contribution in [0.3, 0.4) is 0 Å². The van der Waals surface area contributed by atoms with Crippen molar-refractivity contribution in [3.05, 3.63) is 24.3 Å². The van der Waals surface area contributed by atoms with Crippen molar-refractivity contribution in [3.63, 3.8) is 0 Å². The molecule has 5 nitrogen and oxygen atoms in total. The van der Waals surface area contributed by atoms with Gasteiger partial charge in [-0.2, -0.15) is 0 Å². The first-order valence-electron chi connectivity index (χ1n) is 11.6. The van der Waals surface area contributed by atoms with Gasteiger partial charge in [0.1, 0.15) is 6.10 Å². The number of rotatable bonds is 19. The zero-order valence-corrected chi connectivity index (χ0v) is 18.8. The summed E-state index contributed by atoms with van der Waals surface area (Å²) in [5.41, 5.74) is 0. The molecule has 0 heterocycles. The summed E-state index contributed by atoms with van der Waals surface area (Å²) < 4.78 is 0. The number of allylic oxidation sites excluding steroid dienone is 4. The smallest absolute Gasteiger partial charge is 0.251 e. The predicted octanol–water partition coefficient (Wildman–Crippen LogP) is 4.36. The summed E-state index contributed by atoms with van der Waals surface area (Å²) in [5, 5.41) is 28.0. The fourth-order valence-electron chi connectivity index (χ4n) is 3.16. The lowest BCUT2D eigenvalue weighted by Crippen LogP contribution is -2.43. The van der Waals surface area contributed by atoms with Crippen LogP contribution in [-0.4, -0.2) is 58.0 Å². The standard InChI is InChI=1S/C24H45NO4/c1-3-4-5-6-7-8-9-10-11-12-13-14-15-16-17-18-19-25(20-23(28)21-26)24(29)22(2)27/h7-8,10-11,22-23,26-28H,3-6,9,12-21H2,1-2H3/b8-7-,11-10-. The molecule has 0 spiro atoms. The van der Waals surface area contributed by atoms with E-state index in [0.717, 1.165) is 32.1 Å². The van der Waals surface area contributed by atoms with Crippen LogP contribution >= 0.6 is 0 Å². The first-order valence-corrected chi connectivity index (χ1v) is 11.6. The molecular weight excluding hydrogens is 366 g/mol. The van der Waals surface area contributed by atoms with E-state index in [1.165, 1.54) is 56.8 Å². The quantitative estimate of drug-likeness (QED) is 0.218. The van der Waals surface area contributed by atoms with Crippen LogP contribution in [0.4, 0.5) is 0 Å². The number of carbonyl (C=O) groups is 1. The Morgan fingerprint density at radius 3 is 1.97 bits per heavy atom. The zero-order chi connectivity index (χ0) is 21.7. The van der Waals surface area contributed by atoms with Crippen LogP contribution in [-0.2, 0) is 4.79 Å². The first kappa shape index (κ1) is 27.8. The Hall–Kier alpha value is -1.17. The van der Waals surface area contributed by atoms with Crippen molar-refractivity contribution < 1.29 is 20.1 Å². The average molecular weight is 412 g/mol. The topological polar surface area (TPSA) is 81.0 Å². The van der Waals surface area contributed by atoms with Crippen LogP contribution < -0.4 is 0 Å². The highest BCUT2D eigenvalue weighted by molar-refractivity contribution is 5.80. The third kappa shape index (κ3) is 17.4. The van der Waals surface area contributed by atoms with Crippen molar-refractivity contribution in [1.82, 2.24) is 4.90 Å². The van der Waals surface area contributed by atoms with Crippen molar-refractivity contribution in [2.24, 2.45) is 0 Å². The van der Waals surface area contributed by atoms with Crippen molar-refractivity contribution in [2.45, 2.75) is 103 Å². The Labute approximate surface area is 178 Å². The van der Waals surface area contributed by atoms with Crippen LogP contribution in [0.1, 0.15) is 90.9 Å². The van der Waals surface area contributed by atoms with E-state index in [1.54, 1.807) is 0 Å². The summed E-state index contributed by atoms with van der Waals surface area (Å²) in [7, 11) is 0. The molecule has 0 aliphatic heterocycles. The number of carbonyl (C=O) groups excluding carboxylic acids is 1. The first-order chi connectivity index (χ1) is 14.0. The van der Waals surface area contributed by atoms with Gasteiger partial charge < -0.3 is 20.2 Å². The summed E-state index contributed by atoms with van der Waals surface area (Å²) >= 11 is 0. The Kier molecular flexibility index (Phi) is 19.3. The number of hydrogen-bond acceptors (Lipinski definition) is 4. The normalized spacial score (nSPS) is 14.0. The highest BCUT2D eigenvalue weighted by Crippen LogP contribution is 2.09. The molecule has 0 radical (unpaired) electrons. The summed E-state index contributed by atoms with van der Waals surface area (Å²) in [6.45, 7) is 3.86. The van der Waals surface area contributed by atoms with Crippen LogP contribution in [0, 0.1) is 0 Å². The lowest BCUT2D eigenvalue weighted by Gasteiger charge is -2.26. The second-order valence-corrected chi connectivity index (χ2v) is 7.88. The van der Waals surface area contributed by atoms with E-state index < -0.39 is 12.2 Å². The number of amides is 1. The molecule has 0 aromatic rings. The second kappa shape index (κ2) is 20.1. The number of nitrogens with zero attached hydrogens (tertiary/aromatic N) is 1. The van der Waals surface area contributed by atoms with Gasteiger partial charge in [0.2, 0.25) is 0 Å². The lowest BCUT2D eigenvalue weighted by molar-refractivity contribution is -0.141. The van der Waals surface area contributed by atoms with Gasteiger partial charge >= 0.3 is 0 Å². The molecule has 5 heteroatoms. The highest BCUT2D eigenvalue weighted by Gasteiger charge is 2.20. The van der Waals surface area contributed by atoms with E-state index in [9.17, 15) is 15.0 Å².